The van der Waals surface area contributed by atoms with Gasteiger partial charge in [0.2, 0.25) is 12.4 Å². The normalized spacial score (nSPS) is 18.3. The Hall–Kier alpha value is -7.02. The molecule has 1 saturated heterocycles. The lowest BCUT2D eigenvalue weighted by atomic mass is 9.93. The van der Waals surface area contributed by atoms with Crippen LogP contribution >= 0.6 is 0 Å². The minimum absolute atomic E-state index is 0.143. The first-order valence-electron chi connectivity index (χ1n) is 22.8. The number of esters is 4. The Morgan fingerprint density at radius 2 is 0.897 bits per heavy atom. The highest BCUT2D eigenvalue weighted by Gasteiger charge is 2.57. The second kappa shape index (κ2) is 21.3. The van der Waals surface area contributed by atoms with Crippen LogP contribution in [0.25, 0.3) is 0 Å². The van der Waals surface area contributed by atoms with E-state index in [4.69, 9.17) is 32.8 Å². The lowest BCUT2D eigenvalue weighted by Crippen LogP contribution is -2.68. The third-order valence-corrected chi connectivity index (χ3v) is 16.9. The highest BCUT2D eigenvalue weighted by Crippen LogP contribution is 2.44. The summed E-state index contributed by atoms with van der Waals surface area (Å²) >= 11 is 0. The highest BCUT2D eigenvalue weighted by molar-refractivity contribution is 7.00. The Bertz CT molecular complexity index is 2580. The Labute approximate surface area is 399 Å². The summed E-state index contributed by atoms with van der Waals surface area (Å²) in [5.41, 5.74) is 1.91. The lowest BCUT2D eigenvalue weighted by Gasteiger charge is -2.44. The van der Waals surface area contributed by atoms with Gasteiger partial charge in [-0.3, -0.25) is 0 Å². The molecule has 0 bridgehead atoms. The zero-order chi connectivity index (χ0) is 48.6. The fraction of sp³-hybridized carbons (Fsp3) is 0.286. The minimum atomic E-state index is -3.12. The van der Waals surface area contributed by atoms with Gasteiger partial charge in [0.15, 0.2) is 18.3 Å². The molecule has 0 saturated carbocycles. The summed E-state index contributed by atoms with van der Waals surface area (Å²) in [7, 11) is -1.96. The van der Waals surface area contributed by atoms with Crippen molar-refractivity contribution >= 4 is 42.6 Å². The number of carbonyl (C=O) groups is 4. The zero-order valence-electron chi connectivity index (χ0n) is 39.6. The standard InChI is InChI=1S/C56H58O11Si/c1-36(2)44-34-41(67-68(56(5,6)7,42-30-20-12-21-31-42)43-32-22-13-23-33-43)35-45(37(3)4)46(44)65-55-50(64-53(59)40-28-18-11-19-29-40)48(63-52(58)39-26-16-10-17-27-39)47(49(66-55)54(60)61-8)62-51(57)38-24-14-9-15-25-38/h9-37,47-50,55H,1-8H3/t47-,48?,49?,50?,55+/m0/s1. The van der Waals surface area contributed by atoms with Gasteiger partial charge in [-0.1, -0.05) is 164 Å². The number of ether oxygens (including phenoxy) is 6. The molecule has 0 spiro atoms. The minimum Gasteiger partial charge on any atom is -0.534 e. The van der Waals surface area contributed by atoms with E-state index in [9.17, 15) is 19.2 Å². The number of benzene rings is 6. The van der Waals surface area contributed by atoms with Crippen molar-refractivity contribution in [3.8, 4) is 11.5 Å². The van der Waals surface area contributed by atoms with Gasteiger partial charge >= 0.3 is 32.2 Å². The second-order valence-electron chi connectivity index (χ2n) is 18.3. The van der Waals surface area contributed by atoms with Gasteiger partial charge in [0.05, 0.1) is 23.8 Å². The zero-order valence-corrected chi connectivity index (χ0v) is 40.6. The van der Waals surface area contributed by atoms with Gasteiger partial charge in [-0.2, -0.15) is 0 Å². The first-order chi connectivity index (χ1) is 32.6. The number of hydrogen-bond acceptors (Lipinski definition) is 11. The maximum atomic E-state index is 14.2. The van der Waals surface area contributed by atoms with Crippen LogP contribution in [0, 0.1) is 0 Å². The third-order valence-electron chi connectivity index (χ3n) is 12.0. The van der Waals surface area contributed by atoms with Crippen LogP contribution in [-0.4, -0.2) is 70.0 Å². The van der Waals surface area contributed by atoms with E-state index in [1.807, 2.05) is 76.2 Å². The number of hydrogen-bond donors (Lipinski definition) is 0. The fourth-order valence-corrected chi connectivity index (χ4v) is 12.9. The van der Waals surface area contributed by atoms with Crippen molar-refractivity contribution in [1.82, 2.24) is 0 Å². The average molecular weight is 935 g/mol. The number of carbonyl (C=O) groups excluding carboxylic acids is 4. The monoisotopic (exact) mass is 934 g/mol. The van der Waals surface area contributed by atoms with Crippen molar-refractivity contribution in [3.63, 3.8) is 0 Å². The second-order valence-corrected chi connectivity index (χ2v) is 22.5. The van der Waals surface area contributed by atoms with E-state index >= 15 is 0 Å². The summed E-state index contributed by atoms with van der Waals surface area (Å²) in [4.78, 5) is 56.1. The summed E-state index contributed by atoms with van der Waals surface area (Å²) in [5, 5.41) is 1.85. The SMILES string of the molecule is COC(=O)C1O[C@@H](Oc2c(C(C)C)cc(O[Si](c3ccccc3)(c3ccccc3)C(C)(C)C)cc2C(C)C)C(OC(=O)c2ccccc2)C(OC(=O)c2ccccc2)[C@@H]1OC(=O)c1ccccc1. The van der Waals surface area contributed by atoms with Crippen molar-refractivity contribution < 1.29 is 52.0 Å². The van der Waals surface area contributed by atoms with Gasteiger partial charge in [-0.25, -0.2) is 19.2 Å². The molecule has 7 rings (SSSR count). The maximum Gasteiger partial charge on any atom is 0.339 e. The summed E-state index contributed by atoms with van der Waals surface area (Å²) < 4.78 is 44.9. The highest BCUT2D eigenvalue weighted by atomic mass is 28.4. The molecule has 1 heterocycles. The largest absolute Gasteiger partial charge is 0.534 e. The molecule has 12 heteroatoms. The van der Waals surface area contributed by atoms with E-state index in [-0.39, 0.29) is 33.6 Å². The van der Waals surface area contributed by atoms with Crippen LogP contribution in [0.3, 0.4) is 0 Å². The van der Waals surface area contributed by atoms with Crippen molar-refractivity contribution in [1.29, 1.82) is 0 Å². The van der Waals surface area contributed by atoms with Gasteiger partial charge in [0.1, 0.15) is 11.5 Å². The molecule has 0 N–H and O–H groups in total. The van der Waals surface area contributed by atoms with E-state index in [1.54, 1.807) is 78.9 Å². The van der Waals surface area contributed by atoms with Crippen LogP contribution in [0.1, 0.15) is 103 Å². The average Bonchev–Trinajstić information content (AvgIpc) is 3.35. The van der Waals surface area contributed by atoms with Crippen molar-refractivity contribution in [2.75, 3.05) is 7.11 Å². The summed E-state index contributed by atoms with van der Waals surface area (Å²) in [6, 6.07) is 49.1. The molecule has 68 heavy (non-hydrogen) atoms. The van der Waals surface area contributed by atoms with Gasteiger partial charge in [-0.05, 0) is 75.8 Å². The van der Waals surface area contributed by atoms with Crippen LogP contribution in [-0.2, 0) is 28.5 Å². The molecule has 6 aromatic carbocycles. The molecule has 5 atom stereocenters. The molecule has 1 fully saturated rings. The molecular weight excluding hydrogens is 877 g/mol. The van der Waals surface area contributed by atoms with E-state index < -0.39 is 62.9 Å². The molecule has 1 aliphatic rings. The molecular formula is C56H58O11Si. The molecule has 1 aliphatic heterocycles. The van der Waals surface area contributed by atoms with Crippen molar-refractivity contribution in [2.24, 2.45) is 0 Å². The van der Waals surface area contributed by atoms with Gasteiger partial charge in [-0.15, -0.1) is 0 Å². The van der Waals surface area contributed by atoms with E-state index in [0.717, 1.165) is 28.6 Å². The lowest BCUT2D eigenvalue weighted by molar-refractivity contribution is -0.270. The van der Waals surface area contributed by atoms with Gasteiger partial charge < -0.3 is 32.8 Å². The fourth-order valence-electron chi connectivity index (χ4n) is 8.54. The van der Waals surface area contributed by atoms with E-state index in [1.165, 1.54) is 12.1 Å². The van der Waals surface area contributed by atoms with Gasteiger partial charge in [0.25, 0.3) is 0 Å². The van der Waals surface area contributed by atoms with Crippen LogP contribution in [0.5, 0.6) is 11.5 Å². The molecule has 3 unspecified atom stereocenters. The van der Waals surface area contributed by atoms with E-state index in [2.05, 4.69) is 45.0 Å². The molecule has 0 aromatic heterocycles. The van der Waals surface area contributed by atoms with Crippen LogP contribution in [0.2, 0.25) is 5.04 Å². The summed E-state index contributed by atoms with van der Waals surface area (Å²) in [6.07, 6.45) is -8.41. The summed E-state index contributed by atoms with van der Waals surface area (Å²) in [6.45, 7) is 14.7. The number of rotatable bonds is 15. The van der Waals surface area contributed by atoms with Crippen LogP contribution in [0.15, 0.2) is 164 Å². The molecule has 11 nitrogen and oxygen atoms in total. The molecule has 352 valence electrons. The quantitative estimate of drug-likeness (QED) is 0.0554. The van der Waals surface area contributed by atoms with Crippen LogP contribution < -0.4 is 19.5 Å². The van der Waals surface area contributed by atoms with E-state index in [0.29, 0.717) is 11.5 Å². The Balaban J connectivity index is 1.39. The Kier molecular flexibility index (Phi) is 15.3. The molecule has 0 amide bonds. The van der Waals surface area contributed by atoms with Crippen LogP contribution in [0.4, 0.5) is 0 Å². The molecule has 6 aromatic rings. The first-order valence-corrected chi connectivity index (χ1v) is 24.7. The predicted octanol–water partition coefficient (Wildman–Crippen LogP) is 9.83. The Morgan fingerprint density at radius 1 is 0.529 bits per heavy atom. The maximum absolute atomic E-state index is 14.2. The van der Waals surface area contributed by atoms with Gasteiger partial charge in [0, 0.05) is 11.1 Å². The molecule has 0 radical (unpaired) electrons. The summed E-state index contributed by atoms with van der Waals surface area (Å²) in [5.74, 6) is -2.83. The molecule has 0 aliphatic carbocycles. The topological polar surface area (TPSA) is 133 Å². The van der Waals surface area contributed by atoms with Crippen molar-refractivity contribution in [2.45, 2.75) is 96.0 Å². The third kappa shape index (κ3) is 10.6. The smallest absolute Gasteiger partial charge is 0.339 e. The predicted molar refractivity (Wildman–Crippen MR) is 261 cm³/mol. The first kappa shape index (κ1) is 48.9. The number of methoxy groups -OCH3 is 1. The Morgan fingerprint density at radius 3 is 1.26 bits per heavy atom. The van der Waals surface area contributed by atoms with Crippen molar-refractivity contribution in [3.05, 3.63) is 192 Å².